The van der Waals surface area contributed by atoms with Crippen LogP contribution >= 0.6 is 0 Å². The monoisotopic (exact) mass is 1510 g/mol. The van der Waals surface area contributed by atoms with Gasteiger partial charge in [0.2, 0.25) is 11.8 Å². The van der Waals surface area contributed by atoms with Crippen LogP contribution in [0.2, 0.25) is 0 Å². The second-order valence-electron chi connectivity index (χ2n) is 45.4. The summed E-state index contributed by atoms with van der Waals surface area (Å²) in [7, 11) is 0. The second-order valence-corrected chi connectivity index (χ2v) is 45.4. The van der Waals surface area contributed by atoms with Crippen molar-refractivity contribution in [3.8, 4) is 0 Å². The van der Waals surface area contributed by atoms with Gasteiger partial charge >= 0.3 is 29.8 Å². The standard InChI is InChI=1S/C18H28O2.C17H25NO2.2C16H26O2.C16H28O2.C13H22O2/c1-4-18(2,3)17(19)20-14-9-12-8-13(14)16-11-6-5-10(7-11)15(12)16;1-4-17(2,3)16(20)18-14-12-8-11(13(14)15(18)19)9-6-5-7-10(9)12;1-4-15(2,3)14(17)18-16-8-11-5-12(9-16)7-13(6-11)10-16;1-4-16(2,3)15(17)18-14-9-10-8-13(14)12-7-5-6-11(10)12;1-7-14(2,3)13(17)18-12-10-16(6)9-8-11(12)15(16,4)5;1-4-13(2,3)12(14)15-11-8-9-5-6-10(11)7-9/h10-16H,4-9H2,1-3H3;9-14H,4-8H2,1-3H3;11-13H,4-10H2,1-3H3;10-14H,4-9H2,1-3H3;11-12H,7-10H2,1-6H3;9-11H,4-8H2,1-3H3. The lowest BCUT2D eigenvalue weighted by Gasteiger charge is -2.56. The maximum Gasteiger partial charge on any atom is 0.312 e. The Morgan fingerprint density at radius 2 is 0.807 bits per heavy atom. The predicted molar refractivity (Wildman–Crippen MR) is 428 cm³/mol. The summed E-state index contributed by atoms with van der Waals surface area (Å²) in [5.41, 5.74) is -1.37. The van der Waals surface area contributed by atoms with E-state index in [4.69, 9.17) is 23.7 Å². The van der Waals surface area contributed by atoms with E-state index in [2.05, 4.69) is 41.5 Å². The molecular weight excluding hydrogens is 1360 g/mol. The van der Waals surface area contributed by atoms with E-state index in [1.54, 1.807) is 4.90 Å². The number of hydrogen-bond acceptors (Lipinski definition) is 12. The SMILES string of the molecule is CCC(C)(C)C(=O)N1C(=O)C2C3CC(C4CCCC43)C21.CCC(C)(C)C(=O)OC12CC3CC(CC(C3)C1)C2.CCC(C)(C)C(=O)OC1CC2(C)CCC1C2(C)C.CCC(C)(C)C(=O)OC1CC2CC1C1C3CCC(C3)C21.CCC(C)(C)C(=O)OC1CC2CC1C1CCCC21.CCC(C)(C)C(=O)OC1CC2CCC1C2. The number of rotatable bonds is 17. The highest BCUT2D eigenvalue weighted by atomic mass is 16.6. The topological polar surface area (TPSA) is 169 Å². The summed E-state index contributed by atoms with van der Waals surface area (Å²) in [6, 6.07) is 0.269. The van der Waals surface area contributed by atoms with Crippen LogP contribution < -0.4 is 0 Å². The van der Waals surface area contributed by atoms with E-state index in [-0.39, 0.29) is 111 Å². The lowest BCUT2D eigenvalue weighted by molar-refractivity contribution is -0.196. The van der Waals surface area contributed by atoms with Crippen LogP contribution in [0, 0.1) is 168 Å². The molecule has 1 saturated heterocycles. The average molecular weight is 1520 g/mol. The molecule has 616 valence electrons. The molecule has 19 fully saturated rings. The molecule has 1 heterocycles. The Bertz CT molecular complexity index is 3300. The first-order chi connectivity index (χ1) is 51.1. The summed E-state index contributed by atoms with van der Waals surface area (Å²) < 4.78 is 29.4. The third-order valence-electron chi connectivity index (χ3n) is 36.9. The molecule has 1 aliphatic heterocycles. The Labute approximate surface area is 661 Å². The van der Waals surface area contributed by atoms with Crippen molar-refractivity contribution in [1.29, 1.82) is 0 Å². The van der Waals surface area contributed by atoms with Crippen LogP contribution in [-0.2, 0) is 57.2 Å². The van der Waals surface area contributed by atoms with Gasteiger partial charge in [-0.05, 0) is 392 Å². The minimum Gasteiger partial charge on any atom is -0.462 e. The normalized spacial score (nSPS) is 42.1. The van der Waals surface area contributed by atoms with Crippen molar-refractivity contribution < 1.29 is 57.2 Å². The van der Waals surface area contributed by atoms with Crippen LogP contribution in [0.3, 0.4) is 0 Å². The van der Waals surface area contributed by atoms with Gasteiger partial charge in [-0.2, -0.15) is 0 Å². The van der Waals surface area contributed by atoms with E-state index in [0.717, 1.165) is 160 Å². The highest BCUT2D eigenvalue weighted by molar-refractivity contribution is 6.04. The molecule has 16 bridgehead atoms. The quantitative estimate of drug-likeness (QED) is 0.0586. The van der Waals surface area contributed by atoms with E-state index in [0.29, 0.717) is 46.3 Å². The van der Waals surface area contributed by atoms with Crippen LogP contribution in [0.5, 0.6) is 0 Å². The molecule has 24 unspecified atom stereocenters. The molecule has 0 N–H and O–H groups in total. The fourth-order valence-corrected chi connectivity index (χ4v) is 27.5. The molecule has 19 aliphatic rings. The van der Waals surface area contributed by atoms with Gasteiger partial charge in [0.1, 0.15) is 30.0 Å². The lowest BCUT2D eigenvalue weighted by Crippen LogP contribution is -2.68. The smallest absolute Gasteiger partial charge is 0.312 e. The van der Waals surface area contributed by atoms with Gasteiger partial charge in [-0.3, -0.25) is 38.5 Å². The maximum atomic E-state index is 12.7. The zero-order valence-corrected chi connectivity index (χ0v) is 72.7. The lowest BCUT2D eigenvalue weighted by atomic mass is 9.54. The molecule has 0 aromatic rings. The Balaban J connectivity index is 0.000000115. The van der Waals surface area contributed by atoms with Crippen LogP contribution in [0.25, 0.3) is 0 Å². The third kappa shape index (κ3) is 15.5. The van der Waals surface area contributed by atoms with Crippen molar-refractivity contribution in [3.05, 3.63) is 0 Å². The number of carbonyl (C=O) groups excluding carboxylic acids is 7. The van der Waals surface area contributed by atoms with Gasteiger partial charge < -0.3 is 23.7 Å². The van der Waals surface area contributed by atoms with Gasteiger partial charge in [-0.25, -0.2) is 0 Å². The van der Waals surface area contributed by atoms with E-state index < -0.39 is 5.41 Å². The van der Waals surface area contributed by atoms with E-state index in [1.165, 1.54) is 135 Å². The Morgan fingerprint density at radius 1 is 0.367 bits per heavy atom. The number of nitrogens with zero attached hydrogens (tertiary/aromatic N) is 1. The molecule has 19 rings (SSSR count). The summed E-state index contributed by atoms with van der Waals surface area (Å²) >= 11 is 0. The van der Waals surface area contributed by atoms with Crippen molar-refractivity contribution >= 4 is 41.7 Å². The van der Waals surface area contributed by atoms with Gasteiger partial charge in [-0.15, -0.1) is 0 Å². The maximum absolute atomic E-state index is 12.7. The Hall–Kier alpha value is -3.51. The summed E-state index contributed by atoms with van der Waals surface area (Å²) in [5, 5.41) is 0. The molecule has 18 aliphatic carbocycles. The molecule has 13 nitrogen and oxygen atoms in total. The van der Waals surface area contributed by atoms with Gasteiger partial charge in [0.05, 0.1) is 39.0 Å². The van der Waals surface area contributed by atoms with Gasteiger partial charge in [0.25, 0.3) is 0 Å². The Kier molecular flexibility index (Phi) is 23.6. The number of fused-ring (bicyclic) bond motifs is 26. The fourth-order valence-electron chi connectivity index (χ4n) is 27.5. The van der Waals surface area contributed by atoms with Crippen molar-refractivity contribution in [2.24, 2.45) is 168 Å². The zero-order chi connectivity index (χ0) is 79.0. The molecule has 0 aromatic carbocycles. The third-order valence-corrected chi connectivity index (χ3v) is 36.9. The summed E-state index contributed by atoms with van der Waals surface area (Å²) in [5.74, 6) is 16.9. The molecule has 2 amide bonds. The molecular formula is C96H155NO12. The number of likely N-dealkylation sites (tertiary alicyclic amines) is 1. The molecule has 13 heteroatoms. The minimum absolute atomic E-state index is 0.00236. The summed E-state index contributed by atoms with van der Waals surface area (Å²) in [6.07, 6.45) is 41.1. The summed E-state index contributed by atoms with van der Waals surface area (Å²) in [6.45, 7) is 43.3. The second kappa shape index (κ2) is 30.8. The number of hydrogen-bond donors (Lipinski definition) is 0. The molecule has 18 saturated carbocycles. The number of amides is 2. The first-order valence-corrected chi connectivity index (χ1v) is 46.0. The van der Waals surface area contributed by atoms with Crippen molar-refractivity contribution in [2.75, 3.05) is 0 Å². The van der Waals surface area contributed by atoms with Crippen LogP contribution in [-0.4, -0.2) is 82.6 Å². The van der Waals surface area contributed by atoms with E-state index in [9.17, 15) is 33.6 Å². The summed E-state index contributed by atoms with van der Waals surface area (Å²) in [4.78, 5) is 88.0. The first-order valence-electron chi connectivity index (χ1n) is 46.0. The first kappa shape index (κ1) is 83.4. The van der Waals surface area contributed by atoms with Gasteiger partial charge in [0.15, 0.2) is 0 Å². The van der Waals surface area contributed by atoms with E-state index >= 15 is 0 Å². The molecule has 0 spiro atoms. The number of β-lactam (4-membered cyclic amide) rings is 1. The fraction of sp³-hybridized carbons (Fsp3) is 0.927. The molecule has 24 atom stereocenters. The zero-order valence-electron chi connectivity index (χ0n) is 72.7. The molecule has 109 heavy (non-hydrogen) atoms. The van der Waals surface area contributed by atoms with Gasteiger partial charge in [0, 0.05) is 11.3 Å². The van der Waals surface area contributed by atoms with E-state index in [1.807, 2.05) is 104 Å². The van der Waals surface area contributed by atoms with Crippen LogP contribution in [0.1, 0.15) is 357 Å². The van der Waals surface area contributed by atoms with Crippen LogP contribution in [0.4, 0.5) is 0 Å². The van der Waals surface area contributed by atoms with Gasteiger partial charge in [-0.1, -0.05) is 89.0 Å². The number of imide groups is 1. The molecule has 0 radical (unpaired) electrons. The number of ether oxygens (including phenoxy) is 5. The number of esters is 5. The van der Waals surface area contributed by atoms with Crippen molar-refractivity contribution in [1.82, 2.24) is 4.90 Å². The Morgan fingerprint density at radius 3 is 1.28 bits per heavy atom. The van der Waals surface area contributed by atoms with Crippen molar-refractivity contribution in [2.45, 2.75) is 393 Å². The number of carbonyl (C=O) groups is 7. The average Bonchev–Trinajstić information content (AvgIpc) is 1.52. The van der Waals surface area contributed by atoms with Crippen molar-refractivity contribution in [3.63, 3.8) is 0 Å². The molecule has 0 aromatic heterocycles. The highest BCUT2D eigenvalue weighted by Gasteiger charge is 2.71. The highest BCUT2D eigenvalue weighted by Crippen LogP contribution is 2.70. The minimum atomic E-state index is -0.391. The van der Waals surface area contributed by atoms with Crippen LogP contribution in [0.15, 0.2) is 0 Å². The largest absolute Gasteiger partial charge is 0.462 e. The predicted octanol–water partition coefficient (Wildman–Crippen LogP) is 21.9.